The zero-order valence-electron chi connectivity index (χ0n) is 13.2. The van der Waals surface area contributed by atoms with Gasteiger partial charge in [0, 0.05) is 18.8 Å². The summed E-state index contributed by atoms with van der Waals surface area (Å²) in [5.74, 6) is -0.0920. The van der Waals surface area contributed by atoms with Crippen LogP contribution in [0, 0.1) is 0 Å². The number of aryl methyl sites for hydroxylation is 1. The highest BCUT2D eigenvalue weighted by Gasteiger charge is 2.08. The van der Waals surface area contributed by atoms with E-state index in [0.29, 0.717) is 6.42 Å². The fourth-order valence-corrected chi connectivity index (χ4v) is 2.97. The monoisotopic (exact) mass is 384 g/mol. The van der Waals surface area contributed by atoms with Gasteiger partial charge in [-0.1, -0.05) is 42.5 Å². The molecular formula is C18H17BrN4O. The fourth-order valence-electron chi connectivity index (χ4n) is 2.37. The van der Waals surface area contributed by atoms with Gasteiger partial charge >= 0.3 is 0 Å². The maximum Gasteiger partial charge on any atom is 0.242 e. The lowest BCUT2D eigenvalue weighted by molar-refractivity contribution is -0.119. The third-order valence-electron chi connectivity index (χ3n) is 3.47. The number of amides is 1. The number of halogens is 1. The maximum atomic E-state index is 12.0. The molecule has 2 N–H and O–H groups in total. The number of carbonyl (C=O) groups is 1. The minimum Gasteiger partial charge on any atom is -0.299 e. The summed E-state index contributed by atoms with van der Waals surface area (Å²) in [6, 6.07) is 17.4. The van der Waals surface area contributed by atoms with E-state index in [0.717, 1.165) is 27.0 Å². The van der Waals surface area contributed by atoms with Gasteiger partial charge in [0.1, 0.15) is 5.69 Å². The molecule has 3 rings (SSSR count). The summed E-state index contributed by atoms with van der Waals surface area (Å²) in [5.41, 5.74) is 9.26. The van der Waals surface area contributed by atoms with Crippen molar-refractivity contribution in [2.45, 2.75) is 6.42 Å². The second-order valence-electron chi connectivity index (χ2n) is 5.42. The van der Waals surface area contributed by atoms with E-state index in [1.54, 1.807) is 4.68 Å². The van der Waals surface area contributed by atoms with Gasteiger partial charge in [0.2, 0.25) is 5.91 Å². The average molecular weight is 385 g/mol. The van der Waals surface area contributed by atoms with Gasteiger partial charge in [0.15, 0.2) is 0 Å². The van der Waals surface area contributed by atoms with Crippen LogP contribution in [-0.2, 0) is 18.3 Å². The largest absolute Gasteiger partial charge is 0.299 e. The number of carbonyl (C=O) groups excluding carboxylic acids is 1. The molecule has 6 heteroatoms. The van der Waals surface area contributed by atoms with Gasteiger partial charge in [-0.25, -0.2) is 0 Å². The van der Waals surface area contributed by atoms with Crippen LogP contribution in [0.3, 0.4) is 0 Å². The quantitative estimate of drug-likeness (QED) is 0.661. The first kappa shape index (κ1) is 16.3. The van der Waals surface area contributed by atoms with Crippen molar-refractivity contribution in [3.8, 4) is 11.3 Å². The summed E-state index contributed by atoms with van der Waals surface area (Å²) in [6.45, 7) is 0. The fraction of sp³-hybridized carbons (Fsp3) is 0.111. The minimum atomic E-state index is -0.0920. The van der Waals surface area contributed by atoms with Crippen LogP contribution in [0.15, 0.2) is 65.3 Å². The first-order chi connectivity index (χ1) is 11.6. The smallest absolute Gasteiger partial charge is 0.242 e. The van der Waals surface area contributed by atoms with E-state index < -0.39 is 0 Å². The number of anilines is 1. The van der Waals surface area contributed by atoms with Crippen molar-refractivity contribution in [1.29, 1.82) is 0 Å². The van der Waals surface area contributed by atoms with E-state index in [1.165, 1.54) is 0 Å². The van der Waals surface area contributed by atoms with Crippen LogP contribution < -0.4 is 10.9 Å². The van der Waals surface area contributed by atoms with Crippen LogP contribution in [-0.4, -0.2) is 15.7 Å². The summed E-state index contributed by atoms with van der Waals surface area (Å²) in [4.78, 5) is 12.0. The zero-order chi connectivity index (χ0) is 16.9. The number of hydrogen-bond donors (Lipinski definition) is 2. The Morgan fingerprint density at radius 1 is 1.17 bits per heavy atom. The summed E-state index contributed by atoms with van der Waals surface area (Å²) in [5, 5.41) is 4.43. The molecule has 0 aliphatic rings. The van der Waals surface area contributed by atoms with Gasteiger partial charge < -0.3 is 0 Å². The van der Waals surface area contributed by atoms with E-state index in [2.05, 4.69) is 31.9 Å². The lowest BCUT2D eigenvalue weighted by Gasteiger charge is -2.09. The number of nitrogens with one attached hydrogen (secondary N) is 2. The molecule has 0 aliphatic heterocycles. The highest BCUT2D eigenvalue weighted by atomic mass is 79.9. The highest BCUT2D eigenvalue weighted by molar-refractivity contribution is 9.10. The van der Waals surface area contributed by atoms with Crippen molar-refractivity contribution < 1.29 is 4.79 Å². The Morgan fingerprint density at radius 2 is 1.96 bits per heavy atom. The number of benzene rings is 2. The average Bonchev–Trinajstić information content (AvgIpc) is 2.93. The molecular weight excluding hydrogens is 368 g/mol. The number of rotatable bonds is 5. The molecule has 0 aliphatic carbocycles. The molecule has 0 saturated heterocycles. The van der Waals surface area contributed by atoms with Crippen LogP contribution >= 0.6 is 15.9 Å². The molecule has 0 radical (unpaired) electrons. The number of aromatic nitrogens is 2. The normalized spacial score (nSPS) is 10.4. The predicted octanol–water partition coefficient (Wildman–Crippen LogP) is 3.54. The van der Waals surface area contributed by atoms with Gasteiger partial charge in [-0.3, -0.25) is 20.3 Å². The van der Waals surface area contributed by atoms with Crippen LogP contribution in [0.1, 0.15) is 5.56 Å². The lowest BCUT2D eigenvalue weighted by atomic mass is 10.1. The minimum absolute atomic E-state index is 0.0920. The van der Waals surface area contributed by atoms with Crippen molar-refractivity contribution in [3.05, 3.63) is 70.8 Å². The number of hydrogen-bond acceptors (Lipinski definition) is 3. The molecule has 0 spiro atoms. The van der Waals surface area contributed by atoms with Crippen molar-refractivity contribution >= 4 is 27.5 Å². The summed E-state index contributed by atoms with van der Waals surface area (Å²) in [7, 11) is 1.88. The Bertz CT molecular complexity index is 845. The topological polar surface area (TPSA) is 59.0 Å². The van der Waals surface area contributed by atoms with Gasteiger partial charge in [-0.2, -0.15) is 5.10 Å². The van der Waals surface area contributed by atoms with Gasteiger partial charge in [0.25, 0.3) is 0 Å². The van der Waals surface area contributed by atoms with Crippen molar-refractivity contribution in [2.75, 3.05) is 5.43 Å². The molecule has 1 amide bonds. The van der Waals surface area contributed by atoms with Gasteiger partial charge in [0.05, 0.1) is 16.6 Å². The third-order valence-corrected chi connectivity index (χ3v) is 4.05. The Hall–Kier alpha value is -2.60. The first-order valence-corrected chi connectivity index (χ1v) is 8.29. The molecule has 24 heavy (non-hydrogen) atoms. The molecule has 1 aromatic heterocycles. The van der Waals surface area contributed by atoms with Crippen LogP contribution in [0.4, 0.5) is 5.69 Å². The number of nitrogens with zero attached hydrogens (tertiary/aromatic N) is 2. The third kappa shape index (κ3) is 4.02. The Balaban J connectivity index is 1.65. The van der Waals surface area contributed by atoms with E-state index in [-0.39, 0.29) is 5.91 Å². The first-order valence-electron chi connectivity index (χ1n) is 7.50. The SMILES string of the molecule is Cn1cc(Br)c(-c2cccc(NNC(=O)Cc3ccccc3)c2)n1. The Labute approximate surface area is 148 Å². The Kier molecular flexibility index (Phi) is 4.96. The summed E-state index contributed by atoms with van der Waals surface area (Å²) in [6.07, 6.45) is 2.23. The van der Waals surface area contributed by atoms with Gasteiger partial charge in [-0.05, 0) is 33.6 Å². The molecule has 0 saturated carbocycles. The van der Waals surface area contributed by atoms with Gasteiger partial charge in [-0.15, -0.1) is 0 Å². The molecule has 3 aromatic rings. The molecule has 0 bridgehead atoms. The molecule has 0 unspecified atom stereocenters. The predicted molar refractivity (Wildman–Crippen MR) is 98.3 cm³/mol. The van der Waals surface area contributed by atoms with Crippen LogP contribution in [0.2, 0.25) is 0 Å². The van der Waals surface area contributed by atoms with E-state index in [9.17, 15) is 4.79 Å². The van der Waals surface area contributed by atoms with E-state index in [1.807, 2.05) is 67.8 Å². The molecule has 0 atom stereocenters. The van der Waals surface area contributed by atoms with E-state index >= 15 is 0 Å². The zero-order valence-corrected chi connectivity index (χ0v) is 14.7. The van der Waals surface area contributed by atoms with Crippen molar-refractivity contribution in [1.82, 2.24) is 15.2 Å². The second kappa shape index (κ2) is 7.31. The number of hydrazine groups is 1. The molecule has 122 valence electrons. The molecule has 2 aromatic carbocycles. The second-order valence-corrected chi connectivity index (χ2v) is 6.27. The molecule has 1 heterocycles. The maximum absolute atomic E-state index is 12.0. The standard InChI is InChI=1S/C18H17BrN4O/c1-23-12-16(19)18(22-23)14-8-5-9-15(11-14)20-21-17(24)10-13-6-3-2-4-7-13/h2-9,11-12,20H,10H2,1H3,(H,21,24). The van der Waals surface area contributed by atoms with Crippen molar-refractivity contribution in [2.24, 2.45) is 7.05 Å². The summed E-state index contributed by atoms with van der Waals surface area (Å²) < 4.78 is 2.68. The lowest BCUT2D eigenvalue weighted by Crippen LogP contribution is -2.30. The highest BCUT2D eigenvalue weighted by Crippen LogP contribution is 2.27. The molecule has 5 nitrogen and oxygen atoms in total. The van der Waals surface area contributed by atoms with Crippen molar-refractivity contribution in [3.63, 3.8) is 0 Å². The summed E-state index contributed by atoms with van der Waals surface area (Å²) >= 11 is 3.50. The molecule has 0 fully saturated rings. The van der Waals surface area contributed by atoms with E-state index in [4.69, 9.17) is 0 Å². The Morgan fingerprint density at radius 3 is 2.67 bits per heavy atom. The van der Waals surface area contributed by atoms with Crippen LogP contribution in [0.25, 0.3) is 11.3 Å². The van der Waals surface area contributed by atoms with Crippen LogP contribution in [0.5, 0.6) is 0 Å².